The van der Waals surface area contributed by atoms with E-state index in [1.807, 2.05) is 7.05 Å². The highest BCUT2D eigenvalue weighted by molar-refractivity contribution is 5.22. The number of hydrogen-bond donors (Lipinski definition) is 1. The summed E-state index contributed by atoms with van der Waals surface area (Å²) in [4.78, 5) is 8.58. The average molecular weight is 237 g/mol. The fourth-order valence-corrected chi connectivity index (χ4v) is 2.38. The summed E-state index contributed by atoms with van der Waals surface area (Å²) in [5.41, 5.74) is 0.861. The largest absolute Gasteiger partial charge is 0.480 e. The zero-order valence-electron chi connectivity index (χ0n) is 10.5. The standard InChI is InChI=1S/C12H19N3O2/c1-8-6-9(7-17-8)10(13-2)11-12(16-3)15-5-4-14-11/h4-5,8-10,13H,6-7H2,1-3H3. The van der Waals surface area contributed by atoms with Crippen molar-refractivity contribution >= 4 is 0 Å². The summed E-state index contributed by atoms with van der Waals surface area (Å²) in [6.45, 7) is 2.85. The van der Waals surface area contributed by atoms with Crippen molar-refractivity contribution in [2.24, 2.45) is 5.92 Å². The quantitative estimate of drug-likeness (QED) is 0.852. The van der Waals surface area contributed by atoms with Crippen LogP contribution in [0.2, 0.25) is 0 Å². The second-order valence-corrected chi connectivity index (χ2v) is 4.36. The van der Waals surface area contributed by atoms with Gasteiger partial charge in [0, 0.05) is 18.3 Å². The molecule has 2 rings (SSSR count). The van der Waals surface area contributed by atoms with Gasteiger partial charge in [0.2, 0.25) is 5.88 Å². The zero-order chi connectivity index (χ0) is 12.3. The van der Waals surface area contributed by atoms with Crippen LogP contribution in [0.3, 0.4) is 0 Å². The molecule has 0 radical (unpaired) electrons. The number of methoxy groups -OCH3 is 1. The maximum Gasteiger partial charge on any atom is 0.237 e. The van der Waals surface area contributed by atoms with Crippen LogP contribution in [0, 0.1) is 5.92 Å². The summed E-state index contributed by atoms with van der Waals surface area (Å²) < 4.78 is 10.9. The Kier molecular flexibility index (Phi) is 3.91. The van der Waals surface area contributed by atoms with Gasteiger partial charge in [0.05, 0.1) is 25.9 Å². The van der Waals surface area contributed by atoms with E-state index in [1.165, 1.54) is 0 Å². The lowest BCUT2D eigenvalue weighted by Gasteiger charge is -2.22. The number of hydrogen-bond acceptors (Lipinski definition) is 5. The minimum Gasteiger partial charge on any atom is -0.480 e. The van der Waals surface area contributed by atoms with Gasteiger partial charge < -0.3 is 14.8 Å². The molecule has 17 heavy (non-hydrogen) atoms. The molecule has 0 aliphatic carbocycles. The highest BCUT2D eigenvalue weighted by Gasteiger charge is 2.32. The van der Waals surface area contributed by atoms with Crippen LogP contribution in [0.15, 0.2) is 12.4 Å². The molecule has 5 nitrogen and oxygen atoms in total. The molecule has 1 aliphatic rings. The predicted octanol–water partition coefficient (Wildman–Crippen LogP) is 1.17. The van der Waals surface area contributed by atoms with Crippen molar-refractivity contribution in [3.63, 3.8) is 0 Å². The first kappa shape index (κ1) is 12.3. The molecule has 0 aromatic carbocycles. The molecule has 94 valence electrons. The Morgan fingerprint density at radius 1 is 1.47 bits per heavy atom. The van der Waals surface area contributed by atoms with Crippen LogP contribution >= 0.6 is 0 Å². The van der Waals surface area contributed by atoms with Gasteiger partial charge in [-0.05, 0) is 20.4 Å². The molecule has 1 fully saturated rings. The Morgan fingerprint density at radius 3 is 2.82 bits per heavy atom. The SMILES string of the molecule is CNC(c1nccnc1OC)C1COC(C)C1. The Bertz CT molecular complexity index is 373. The lowest BCUT2D eigenvalue weighted by Crippen LogP contribution is -2.27. The summed E-state index contributed by atoms with van der Waals surface area (Å²) in [6.07, 6.45) is 4.69. The Morgan fingerprint density at radius 2 is 2.24 bits per heavy atom. The molecule has 2 heterocycles. The molecule has 1 aromatic rings. The first-order valence-corrected chi connectivity index (χ1v) is 5.90. The molecular formula is C12H19N3O2. The maximum atomic E-state index is 5.61. The minimum absolute atomic E-state index is 0.128. The second-order valence-electron chi connectivity index (χ2n) is 4.36. The smallest absolute Gasteiger partial charge is 0.237 e. The summed E-state index contributed by atoms with van der Waals surface area (Å²) in [5, 5.41) is 3.29. The maximum absolute atomic E-state index is 5.61. The van der Waals surface area contributed by atoms with Crippen molar-refractivity contribution in [1.29, 1.82) is 0 Å². The molecule has 1 saturated heterocycles. The van der Waals surface area contributed by atoms with Gasteiger partial charge in [-0.25, -0.2) is 4.98 Å². The van der Waals surface area contributed by atoms with Gasteiger partial charge in [0.1, 0.15) is 5.69 Å². The van der Waals surface area contributed by atoms with Crippen LogP contribution in [0.4, 0.5) is 0 Å². The molecule has 0 spiro atoms. The van der Waals surface area contributed by atoms with Gasteiger partial charge in [-0.15, -0.1) is 0 Å². The third-order valence-corrected chi connectivity index (χ3v) is 3.19. The van der Waals surface area contributed by atoms with E-state index in [0.29, 0.717) is 17.9 Å². The third kappa shape index (κ3) is 2.56. The molecule has 1 aliphatic heterocycles. The van der Waals surface area contributed by atoms with Crippen molar-refractivity contribution in [2.45, 2.75) is 25.5 Å². The molecule has 1 aromatic heterocycles. The fraction of sp³-hybridized carbons (Fsp3) is 0.667. The summed E-state index contributed by atoms with van der Waals surface area (Å²) in [5.74, 6) is 1.01. The van der Waals surface area contributed by atoms with Crippen LogP contribution in [-0.4, -0.2) is 36.8 Å². The van der Waals surface area contributed by atoms with Gasteiger partial charge in [-0.1, -0.05) is 0 Å². The number of rotatable bonds is 4. The second kappa shape index (κ2) is 5.42. The normalized spacial score (nSPS) is 25.8. The summed E-state index contributed by atoms with van der Waals surface area (Å²) in [6, 6.07) is 0.128. The van der Waals surface area contributed by atoms with Crippen LogP contribution in [-0.2, 0) is 4.74 Å². The Labute approximate surface area is 102 Å². The first-order valence-electron chi connectivity index (χ1n) is 5.90. The van der Waals surface area contributed by atoms with Gasteiger partial charge in [0.15, 0.2) is 0 Å². The highest BCUT2D eigenvalue weighted by atomic mass is 16.5. The van der Waals surface area contributed by atoms with Crippen LogP contribution in [0.5, 0.6) is 5.88 Å². The molecule has 3 atom stereocenters. The van der Waals surface area contributed by atoms with Gasteiger partial charge >= 0.3 is 0 Å². The molecule has 0 saturated carbocycles. The number of aromatic nitrogens is 2. The number of nitrogens with one attached hydrogen (secondary N) is 1. The van der Waals surface area contributed by atoms with E-state index in [4.69, 9.17) is 9.47 Å². The van der Waals surface area contributed by atoms with Gasteiger partial charge in [-0.3, -0.25) is 4.98 Å². The van der Waals surface area contributed by atoms with Crippen LogP contribution in [0.25, 0.3) is 0 Å². The Hall–Kier alpha value is -1.20. The number of ether oxygens (including phenoxy) is 2. The lowest BCUT2D eigenvalue weighted by atomic mass is 9.94. The van der Waals surface area contributed by atoms with Crippen molar-refractivity contribution in [2.75, 3.05) is 20.8 Å². The van der Waals surface area contributed by atoms with Crippen molar-refractivity contribution in [3.8, 4) is 5.88 Å². The molecule has 0 amide bonds. The van der Waals surface area contributed by atoms with E-state index in [-0.39, 0.29) is 6.04 Å². The van der Waals surface area contributed by atoms with E-state index in [2.05, 4.69) is 22.2 Å². The first-order chi connectivity index (χ1) is 8.26. The highest BCUT2D eigenvalue weighted by Crippen LogP contribution is 2.33. The predicted molar refractivity (Wildman–Crippen MR) is 63.9 cm³/mol. The zero-order valence-corrected chi connectivity index (χ0v) is 10.5. The average Bonchev–Trinajstić information content (AvgIpc) is 2.77. The van der Waals surface area contributed by atoms with Crippen LogP contribution in [0.1, 0.15) is 25.1 Å². The van der Waals surface area contributed by atoms with Crippen LogP contribution < -0.4 is 10.1 Å². The minimum atomic E-state index is 0.128. The van der Waals surface area contributed by atoms with Gasteiger partial charge in [-0.2, -0.15) is 0 Å². The van der Waals surface area contributed by atoms with Gasteiger partial charge in [0.25, 0.3) is 0 Å². The van der Waals surface area contributed by atoms with E-state index >= 15 is 0 Å². The van der Waals surface area contributed by atoms with E-state index in [9.17, 15) is 0 Å². The van der Waals surface area contributed by atoms with E-state index in [1.54, 1.807) is 19.5 Å². The molecule has 5 heteroatoms. The lowest BCUT2D eigenvalue weighted by molar-refractivity contribution is 0.117. The van der Waals surface area contributed by atoms with Crippen molar-refractivity contribution < 1.29 is 9.47 Å². The summed E-state index contributed by atoms with van der Waals surface area (Å²) >= 11 is 0. The summed E-state index contributed by atoms with van der Waals surface area (Å²) in [7, 11) is 3.55. The van der Waals surface area contributed by atoms with E-state index in [0.717, 1.165) is 18.7 Å². The Balaban J connectivity index is 2.22. The molecule has 0 bridgehead atoms. The molecule has 1 N–H and O–H groups in total. The van der Waals surface area contributed by atoms with Crippen molar-refractivity contribution in [1.82, 2.24) is 15.3 Å². The topological polar surface area (TPSA) is 56.3 Å². The molecule has 3 unspecified atom stereocenters. The van der Waals surface area contributed by atoms with Crippen molar-refractivity contribution in [3.05, 3.63) is 18.1 Å². The van der Waals surface area contributed by atoms with E-state index < -0.39 is 0 Å². The molecular weight excluding hydrogens is 218 g/mol. The monoisotopic (exact) mass is 237 g/mol. The third-order valence-electron chi connectivity index (χ3n) is 3.19. The fourth-order valence-electron chi connectivity index (χ4n) is 2.38. The number of nitrogens with zero attached hydrogens (tertiary/aromatic N) is 2.